The Bertz CT molecular complexity index is 465. The molecule has 0 aliphatic heterocycles. The molecule has 0 heterocycles. The fourth-order valence-corrected chi connectivity index (χ4v) is 1.18. The molecule has 86 valence electrons. The van der Waals surface area contributed by atoms with Crippen molar-refractivity contribution in [3.05, 3.63) is 35.9 Å². The fraction of sp³-hybridized carbons (Fsp3) is 0.154. The van der Waals surface area contributed by atoms with Crippen LogP contribution in [0.1, 0.15) is 5.56 Å². The highest BCUT2D eigenvalue weighted by Crippen LogP contribution is 2.03. The standard InChI is InChI=1S/C13H11NO3/c1-2-3-9-17-14-12(13(15)16)10-11-7-5-4-6-8-11/h1,4-8,12,14H,10H2,(H,15,16). The summed E-state index contributed by atoms with van der Waals surface area (Å²) in [4.78, 5) is 15.6. The molecular weight excluding hydrogens is 218 g/mol. The lowest BCUT2D eigenvalue weighted by Gasteiger charge is -2.11. The van der Waals surface area contributed by atoms with Gasteiger partial charge in [-0.1, -0.05) is 30.3 Å². The van der Waals surface area contributed by atoms with Crippen LogP contribution < -0.4 is 5.48 Å². The SMILES string of the molecule is C#CC#CONC(Cc1ccccc1)C(=O)O. The summed E-state index contributed by atoms with van der Waals surface area (Å²) >= 11 is 0. The topological polar surface area (TPSA) is 58.6 Å². The number of hydrogen-bond donors (Lipinski definition) is 2. The monoisotopic (exact) mass is 229 g/mol. The van der Waals surface area contributed by atoms with E-state index in [1.165, 1.54) is 0 Å². The maximum absolute atomic E-state index is 10.9. The zero-order chi connectivity index (χ0) is 12.5. The van der Waals surface area contributed by atoms with Crippen molar-refractivity contribution in [2.45, 2.75) is 12.5 Å². The molecule has 0 radical (unpaired) electrons. The van der Waals surface area contributed by atoms with E-state index in [2.05, 4.69) is 22.3 Å². The van der Waals surface area contributed by atoms with Crippen LogP contribution in [0.15, 0.2) is 30.3 Å². The Balaban J connectivity index is 2.56. The zero-order valence-electron chi connectivity index (χ0n) is 9.01. The lowest BCUT2D eigenvalue weighted by molar-refractivity contribution is -0.142. The normalized spacial score (nSPS) is 10.5. The molecule has 0 spiro atoms. The Morgan fingerprint density at radius 1 is 1.47 bits per heavy atom. The van der Waals surface area contributed by atoms with Crippen LogP contribution in [0.25, 0.3) is 0 Å². The highest BCUT2D eigenvalue weighted by molar-refractivity contribution is 5.73. The maximum atomic E-state index is 10.9. The molecule has 0 bridgehead atoms. The lowest BCUT2D eigenvalue weighted by atomic mass is 10.1. The Kier molecular flexibility index (Phi) is 5.16. The minimum Gasteiger partial charge on any atom is -0.480 e. The highest BCUT2D eigenvalue weighted by Gasteiger charge is 2.17. The Morgan fingerprint density at radius 3 is 2.76 bits per heavy atom. The van der Waals surface area contributed by atoms with E-state index in [0.717, 1.165) is 5.56 Å². The summed E-state index contributed by atoms with van der Waals surface area (Å²) in [5.41, 5.74) is 3.22. The van der Waals surface area contributed by atoms with Crippen molar-refractivity contribution in [2.75, 3.05) is 0 Å². The molecule has 1 aromatic rings. The average Bonchev–Trinajstić information content (AvgIpc) is 2.34. The van der Waals surface area contributed by atoms with Crippen molar-refractivity contribution in [1.82, 2.24) is 5.48 Å². The number of terminal acetylenes is 1. The second-order valence-corrected chi connectivity index (χ2v) is 3.17. The summed E-state index contributed by atoms with van der Waals surface area (Å²) in [7, 11) is 0. The van der Waals surface area contributed by atoms with Crippen molar-refractivity contribution in [3.63, 3.8) is 0 Å². The number of carboxylic acid groups (broad SMARTS) is 1. The lowest BCUT2D eigenvalue weighted by Crippen LogP contribution is -2.37. The third kappa shape index (κ3) is 4.74. The smallest absolute Gasteiger partial charge is 0.324 e. The molecule has 17 heavy (non-hydrogen) atoms. The molecule has 2 N–H and O–H groups in total. The molecule has 1 rings (SSSR count). The predicted molar refractivity (Wildman–Crippen MR) is 62.4 cm³/mol. The number of aliphatic carboxylic acids is 1. The Morgan fingerprint density at radius 2 is 2.18 bits per heavy atom. The number of hydroxylamine groups is 1. The van der Waals surface area contributed by atoms with Crippen molar-refractivity contribution < 1.29 is 14.7 Å². The number of carbonyl (C=O) groups is 1. The Labute approximate surface area is 99.6 Å². The van der Waals surface area contributed by atoms with Gasteiger partial charge in [0.05, 0.1) is 0 Å². The van der Waals surface area contributed by atoms with Crippen LogP contribution in [-0.4, -0.2) is 17.1 Å². The van der Waals surface area contributed by atoms with Crippen LogP contribution in [0.3, 0.4) is 0 Å². The van der Waals surface area contributed by atoms with E-state index < -0.39 is 12.0 Å². The molecule has 4 heteroatoms. The molecule has 1 aromatic carbocycles. The van der Waals surface area contributed by atoms with Gasteiger partial charge in [0.15, 0.2) is 6.11 Å². The number of hydrogen-bond acceptors (Lipinski definition) is 3. The number of carboxylic acids is 1. The van der Waals surface area contributed by atoms with E-state index in [1.54, 1.807) is 0 Å². The van der Waals surface area contributed by atoms with Crippen LogP contribution in [0.4, 0.5) is 0 Å². The number of rotatable bonds is 5. The van der Waals surface area contributed by atoms with Gasteiger partial charge in [-0.3, -0.25) is 4.79 Å². The molecule has 0 saturated carbocycles. The van der Waals surface area contributed by atoms with Crippen molar-refractivity contribution >= 4 is 5.97 Å². The largest absolute Gasteiger partial charge is 0.480 e. The quantitative estimate of drug-likeness (QED) is 0.579. The van der Waals surface area contributed by atoms with Gasteiger partial charge in [-0.25, -0.2) is 0 Å². The maximum Gasteiger partial charge on any atom is 0.324 e. The van der Waals surface area contributed by atoms with Crippen molar-refractivity contribution in [3.8, 4) is 24.4 Å². The minimum absolute atomic E-state index is 0.300. The van der Waals surface area contributed by atoms with Crippen molar-refractivity contribution in [2.24, 2.45) is 0 Å². The van der Waals surface area contributed by atoms with Crippen molar-refractivity contribution in [1.29, 1.82) is 0 Å². The van der Waals surface area contributed by atoms with Gasteiger partial charge in [-0.2, -0.15) is 0 Å². The first-order valence-corrected chi connectivity index (χ1v) is 4.87. The molecule has 0 saturated heterocycles. The molecule has 1 atom stereocenters. The molecule has 0 aromatic heterocycles. The molecule has 1 unspecified atom stereocenters. The van der Waals surface area contributed by atoms with Crippen LogP contribution in [-0.2, 0) is 16.1 Å². The van der Waals surface area contributed by atoms with E-state index in [-0.39, 0.29) is 0 Å². The van der Waals surface area contributed by atoms with Crippen LogP contribution in [0.2, 0.25) is 0 Å². The fourth-order valence-electron chi connectivity index (χ4n) is 1.18. The first-order valence-electron chi connectivity index (χ1n) is 4.87. The number of benzene rings is 1. The highest BCUT2D eigenvalue weighted by atomic mass is 16.6. The van der Waals surface area contributed by atoms with Gasteiger partial charge in [0.1, 0.15) is 6.04 Å². The van der Waals surface area contributed by atoms with Gasteiger partial charge in [-0.05, 0) is 11.5 Å². The van der Waals surface area contributed by atoms with Gasteiger partial charge >= 0.3 is 5.97 Å². The molecule has 4 nitrogen and oxygen atoms in total. The van der Waals surface area contributed by atoms with Gasteiger partial charge < -0.3 is 9.94 Å². The third-order valence-electron chi connectivity index (χ3n) is 1.96. The van der Waals surface area contributed by atoms with Gasteiger partial charge in [0.2, 0.25) is 0 Å². The zero-order valence-corrected chi connectivity index (χ0v) is 9.01. The van der Waals surface area contributed by atoms with E-state index in [0.29, 0.717) is 6.42 Å². The van der Waals surface area contributed by atoms with E-state index in [1.807, 2.05) is 36.3 Å². The predicted octanol–water partition coefficient (Wildman–Crippen LogP) is 0.798. The first kappa shape index (κ1) is 12.6. The molecule has 0 aliphatic rings. The molecule has 0 aliphatic carbocycles. The van der Waals surface area contributed by atoms with E-state index in [9.17, 15) is 4.79 Å². The molecular formula is C13H11NO3. The summed E-state index contributed by atoms with van der Waals surface area (Å²) < 4.78 is 0. The second-order valence-electron chi connectivity index (χ2n) is 3.17. The summed E-state index contributed by atoms with van der Waals surface area (Å²) in [6.07, 6.45) is 7.33. The van der Waals surface area contributed by atoms with Gasteiger partial charge in [0, 0.05) is 12.3 Å². The first-order chi connectivity index (χ1) is 8.24. The molecule has 0 fully saturated rings. The van der Waals surface area contributed by atoms with Crippen LogP contribution in [0, 0.1) is 24.4 Å². The number of nitrogens with one attached hydrogen (secondary N) is 1. The van der Waals surface area contributed by atoms with E-state index in [4.69, 9.17) is 11.5 Å². The summed E-state index contributed by atoms with van der Waals surface area (Å²) in [5, 5.41) is 8.96. The van der Waals surface area contributed by atoms with E-state index >= 15 is 0 Å². The summed E-state index contributed by atoms with van der Waals surface area (Å²) in [6, 6.07) is 8.35. The molecule has 0 amide bonds. The minimum atomic E-state index is -1.02. The third-order valence-corrected chi connectivity index (χ3v) is 1.96. The van der Waals surface area contributed by atoms with Gasteiger partial charge in [0.25, 0.3) is 0 Å². The summed E-state index contributed by atoms with van der Waals surface area (Å²) in [5.74, 6) is 3.24. The average molecular weight is 229 g/mol. The summed E-state index contributed by atoms with van der Waals surface area (Å²) in [6.45, 7) is 0. The second kappa shape index (κ2) is 6.95. The Hall–Kier alpha value is -2.43. The van der Waals surface area contributed by atoms with Gasteiger partial charge in [-0.15, -0.1) is 11.9 Å². The van der Waals surface area contributed by atoms with Crippen LogP contribution in [0.5, 0.6) is 0 Å². The van der Waals surface area contributed by atoms with Crippen LogP contribution >= 0.6 is 0 Å².